The Morgan fingerprint density at radius 2 is 1.77 bits per heavy atom. The maximum Gasteiger partial charge on any atom is 1.00 e. The second-order valence-corrected chi connectivity index (χ2v) is 5.36. The van der Waals surface area contributed by atoms with E-state index < -0.39 is 5.97 Å². The topological polar surface area (TPSA) is 83.2 Å². The minimum absolute atomic E-state index is 0. The zero-order valence-electron chi connectivity index (χ0n) is 12.5. The van der Waals surface area contributed by atoms with Gasteiger partial charge in [0.2, 0.25) is 0 Å². The van der Waals surface area contributed by atoms with Gasteiger partial charge in [-0.2, -0.15) is 0 Å². The standard InChI is InChI=1S/C16H15NO3S.Na/c1-21-12-7-5-10(6-8-12)16(20)13-4-2-3-11(15(13)17)9-14(18)19;/h2-8H,9,17H2,1H3,(H,18,19);/q;+1/p-1. The van der Waals surface area contributed by atoms with Gasteiger partial charge in [0.1, 0.15) is 0 Å². The number of ketones is 1. The molecule has 0 unspecified atom stereocenters. The maximum atomic E-state index is 12.5. The first-order valence-electron chi connectivity index (χ1n) is 6.29. The van der Waals surface area contributed by atoms with E-state index in [9.17, 15) is 14.7 Å². The van der Waals surface area contributed by atoms with E-state index in [0.717, 1.165) is 4.90 Å². The van der Waals surface area contributed by atoms with Gasteiger partial charge in [0.25, 0.3) is 0 Å². The molecule has 0 aliphatic heterocycles. The Kier molecular flexibility index (Phi) is 7.16. The third-order valence-electron chi connectivity index (χ3n) is 3.13. The molecule has 0 bridgehead atoms. The second kappa shape index (κ2) is 8.39. The van der Waals surface area contributed by atoms with Gasteiger partial charge in [-0.25, -0.2) is 0 Å². The summed E-state index contributed by atoms with van der Waals surface area (Å²) in [5.41, 5.74) is 7.32. The molecule has 2 aromatic rings. The normalized spacial score (nSPS) is 9.86. The molecule has 0 radical (unpaired) electrons. The Morgan fingerprint density at radius 3 is 2.32 bits per heavy atom. The largest absolute Gasteiger partial charge is 1.00 e. The van der Waals surface area contributed by atoms with Crippen LogP contribution in [-0.4, -0.2) is 18.0 Å². The van der Waals surface area contributed by atoms with Crippen molar-refractivity contribution in [2.45, 2.75) is 11.3 Å². The number of hydrogen-bond acceptors (Lipinski definition) is 5. The molecule has 4 nitrogen and oxygen atoms in total. The number of nitrogens with two attached hydrogens (primary N) is 1. The number of carbonyl (C=O) groups excluding carboxylic acids is 2. The van der Waals surface area contributed by atoms with Crippen molar-refractivity contribution in [2.75, 3.05) is 12.0 Å². The van der Waals surface area contributed by atoms with Crippen LogP contribution in [0.5, 0.6) is 0 Å². The average molecular weight is 323 g/mol. The number of carbonyl (C=O) groups is 2. The molecule has 0 aromatic heterocycles. The fraction of sp³-hybridized carbons (Fsp3) is 0.125. The summed E-state index contributed by atoms with van der Waals surface area (Å²) < 4.78 is 0. The average Bonchev–Trinajstić information content (AvgIpc) is 2.48. The van der Waals surface area contributed by atoms with Gasteiger partial charge in [-0.1, -0.05) is 12.1 Å². The van der Waals surface area contributed by atoms with Gasteiger partial charge in [-0.3, -0.25) is 4.79 Å². The summed E-state index contributed by atoms with van der Waals surface area (Å²) in [4.78, 5) is 24.2. The van der Waals surface area contributed by atoms with Crippen molar-refractivity contribution in [3.8, 4) is 0 Å². The van der Waals surface area contributed by atoms with Crippen molar-refractivity contribution in [3.05, 3.63) is 59.2 Å². The number of hydrogen-bond donors (Lipinski definition) is 1. The number of aliphatic carboxylic acids is 1. The van der Waals surface area contributed by atoms with E-state index in [1.165, 1.54) is 0 Å². The number of nitrogen functional groups attached to an aromatic ring is 1. The van der Waals surface area contributed by atoms with Crippen LogP contribution in [0.4, 0.5) is 5.69 Å². The smallest absolute Gasteiger partial charge is 0.550 e. The summed E-state index contributed by atoms with van der Waals surface area (Å²) in [5, 5.41) is 10.7. The van der Waals surface area contributed by atoms with Crippen molar-refractivity contribution in [2.24, 2.45) is 0 Å². The Morgan fingerprint density at radius 1 is 1.14 bits per heavy atom. The molecule has 0 saturated carbocycles. The van der Waals surface area contributed by atoms with Gasteiger partial charge >= 0.3 is 29.6 Å². The van der Waals surface area contributed by atoms with Gasteiger partial charge in [-0.15, -0.1) is 11.8 Å². The minimum atomic E-state index is -1.23. The van der Waals surface area contributed by atoms with E-state index in [-0.39, 0.29) is 47.4 Å². The second-order valence-electron chi connectivity index (χ2n) is 4.48. The Labute approximate surface area is 155 Å². The fourth-order valence-electron chi connectivity index (χ4n) is 2.02. The SMILES string of the molecule is CSc1ccc(C(=O)c2cccc(CC(=O)[O-])c2N)cc1.[Na+]. The molecule has 2 N–H and O–H groups in total. The summed E-state index contributed by atoms with van der Waals surface area (Å²) in [7, 11) is 0. The summed E-state index contributed by atoms with van der Waals surface area (Å²) in [6.45, 7) is 0. The number of thioether (sulfide) groups is 1. The summed E-state index contributed by atoms with van der Waals surface area (Å²) in [6, 6.07) is 12.0. The van der Waals surface area contributed by atoms with Gasteiger partial charge in [-0.05, 0) is 42.2 Å². The van der Waals surface area contributed by atoms with Crippen LogP contribution in [0.3, 0.4) is 0 Å². The van der Waals surface area contributed by atoms with Crippen LogP contribution >= 0.6 is 11.8 Å². The number of rotatable bonds is 5. The molecule has 22 heavy (non-hydrogen) atoms. The molecular formula is C16H14NNaO3S. The number of benzene rings is 2. The molecule has 2 aromatic carbocycles. The molecular weight excluding hydrogens is 309 g/mol. The first kappa shape index (κ1) is 18.8. The first-order valence-corrected chi connectivity index (χ1v) is 7.51. The third-order valence-corrected chi connectivity index (χ3v) is 3.87. The predicted octanol–water partition coefficient (Wildman–Crippen LogP) is -1.48. The Hall–Kier alpha value is -1.27. The van der Waals surface area contributed by atoms with E-state index in [2.05, 4.69) is 0 Å². The zero-order chi connectivity index (χ0) is 15.4. The number of carboxylic acids is 1. The van der Waals surface area contributed by atoms with Gasteiger partial charge in [0, 0.05) is 34.1 Å². The summed E-state index contributed by atoms with van der Waals surface area (Å²) in [6.07, 6.45) is 1.65. The van der Waals surface area contributed by atoms with Gasteiger partial charge < -0.3 is 15.6 Å². The van der Waals surface area contributed by atoms with Crippen LogP contribution in [0.1, 0.15) is 21.5 Å². The summed E-state index contributed by atoms with van der Waals surface area (Å²) in [5.74, 6) is -1.45. The van der Waals surface area contributed by atoms with E-state index in [4.69, 9.17) is 5.73 Å². The van der Waals surface area contributed by atoms with E-state index >= 15 is 0 Å². The van der Waals surface area contributed by atoms with Crippen molar-refractivity contribution in [3.63, 3.8) is 0 Å². The monoisotopic (exact) mass is 323 g/mol. The molecule has 108 valence electrons. The predicted molar refractivity (Wildman–Crippen MR) is 81.2 cm³/mol. The first-order chi connectivity index (χ1) is 10.0. The molecule has 2 rings (SSSR count). The third kappa shape index (κ3) is 4.36. The van der Waals surface area contributed by atoms with Crippen molar-refractivity contribution in [1.29, 1.82) is 0 Å². The molecule has 0 atom stereocenters. The Bertz CT molecular complexity index is 686. The Balaban J connectivity index is 0.00000242. The van der Waals surface area contributed by atoms with Gasteiger partial charge in [0.15, 0.2) is 5.78 Å². The van der Waals surface area contributed by atoms with Crippen LogP contribution in [0, 0.1) is 0 Å². The van der Waals surface area contributed by atoms with Crippen molar-refractivity contribution >= 4 is 29.2 Å². The van der Waals surface area contributed by atoms with Crippen molar-refractivity contribution in [1.82, 2.24) is 0 Å². The van der Waals surface area contributed by atoms with E-state index in [0.29, 0.717) is 16.7 Å². The minimum Gasteiger partial charge on any atom is -0.550 e. The number of carboxylic acid groups (broad SMARTS) is 1. The quantitative estimate of drug-likeness (QED) is 0.314. The van der Waals surface area contributed by atoms with Crippen LogP contribution in [0.25, 0.3) is 0 Å². The zero-order valence-corrected chi connectivity index (χ0v) is 15.3. The van der Waals surface area contributed by atoms with E-state index in [1.807, 2.05) is 18.4 Å². The van der Waals surface area contributed by atoms with Crippen molar-refractivity contribution < 1.29 is 44.3 Å². The molecule has 6 heteroatoms. The van der Waals surface area contributed by atoms with Gasteiger partial charge in [0.05, 0.1) is 0 Å². The molecule has 0 aliphatic rings. The number of para-hydroxylation sites is 1. The van der Waals surface area contributed by atoms with Crippen LogP contribution in [0.15, 0.2) is 47.4 Å². The summed E-state index contributed by atoms with van der Waals surface area (Å²) >= 11 is 1.59. The molecule has 0 amide bonds. The fourth-order valence-corrected chi connectivity index (χ4v) is 2.43. The molecule has 0 spiro atoms. The van der Waals surface area contributed by atoms with Crippen LogP contribution in [0.2, 0.25) is 0 Å². The molecule has 0 aliphatic carbocycles. The van der Waals surface area contributed by atoms with Crippen LogP contribution < -0.4 is 40.4 Å². The molecule has 0 saturated heterocycles. The molecule has 0 fully saturated rings. The maximum absolute atomic E-state index is 12.5. The molecule has 0 heterocycles. The number of anilines is 1. The van der Waals surface area contributed by atoms with Crippen LogP contribution in [-0.2, 0) is 11.2 Å². The van der Waals surface area contributed by atoms with E-state index in [1.54, 1.807) is 42.1 Å².